The first-order valence-electron chi connectivity index (χ1n) is 6.97. The van der Waals surface area contributed by atoms with Gasteiger partial charge in [0.25, 0.3) is 0 Å². The summed E-state index contributed by atoms with van der Waals surface area (Å²) in [5.41, 5.74) is 0.507. The van der Waals surface area contributed by atoms with Crippen LogP contribution in [0.5, 0.6) is 5.75 Å². The molecule has 118 valence electrons. The molecule has 0 bridgehead atoms. The second-order valence-corrected chi connectivity index (χ2v) is 7.16. The van der Waals surface area contributed by atoms with Crippen molar-refractivity contribution < 1.29 is 14.6 Å². The second kappa shape index (κ2) is 5.86. The molecule has 1 aromatic heterocycles. The largest absolute Gasteiger partial charge is 0.478 e. The minimum absolute atomic E-state index is 0.504. The monoisotopic (exact) mass is 345 g/mol. The van der Waals surface area contributed by atoms with Gasteiger partial charge in [0.15, 0.2) is 5.60 Å². The van der Waals surface area contributed by atoms with Crippen LogP contribution in [0.15, 0.2) is 47.4 Å². The molecule has 1 heterocycles. The quantitative estimate of drug-likeness (QED) is 0.684. The van der Waals surface area contributed by atoms with Crippen LogP contribution in [-0.2, 0) is 4.79 Å². The fraction of sp³-hybridized carbons (Fsp3) is 0.176. The molecule has 23 heavy (non-hydrogen) atoms. The molecule has 1 N–H and O–H groups in total. The van der Waals surface area contributed by atoms with Crippen LogP contribution in [-0.4, -0.2) is 21.7 Å². The van der Waals surface area contributed by atoms with Crippen molar-refractivity contribution in [2.24, 2.45) is 0 Å². The van der Waals surface area contributed by atoms with Gasteiger partial charge < -0.3 is 9.84 Å². The molecule has 0 atom stereocenters. The van der Waals surface area contributed by atoms with Gasteiger partial charge in [-0.15, -0.1) is 24.0 Å². The Kier molecular flexibility index (Phi) is 4.04. The number of carboxylic acid groups (broad SMARTS) is 1. The summed E-state index contributed by atoms with van der Waals surface area (Å²) in [5, 5.41) is 10.0. The minimum Gasteiger partial charge on any atom is -0.478 e. The minimum atomic E-state index is -1.28. The molecule has 0 aliphatic carbocycles. The molecule has 0 unspecified atom stereocenters. The Morgan fingerprint density at radius 1 is 1.26 bits per heavy atom. The van der Waals surface area contributed by atoms with E-state index in [1.54, 1.807) is 17.4 Å². The standard InChI is InChI=1S/C17H15NO3S2/c1-17(2,16(19)20)21-11-5-3-4-10(8-11)15-18-13-9-12(22)6-7-14(13)23-15/h3-9,22H,1-2H3,(H,19,20). The Morgan fingerprint density at radius 3 is 2.78 bits per heavy atom. The fourth-order valence-electron chi connectivity index (χ4n) is 2.07. The van der Waals surface area contributed by atoms with Crippen LogP contribution in [0, 0.1) is 0 Å². The maximum atomic E-state index is 11.2. The van der Waals surface area contributed by atoms with Crippen LogP contribution in [0.25, 0.3) is 20.8 Å². The van der Waals surface area contributed by atoms with E-state index < -0.39 is 11.6 Å². The molecular formula is C17H15NO3S2. The summed E-state index contributed by atoms with van der Waals surface area (Å²) in [5.74, 6) is -0.506. The molecule has 0 fully saturated rings. The van der Waals surface area contributed by atoms with Crippen LogP contribution in [0.4, 0.5) is 0 Å². The molecule has 0 radical (unpaired) electrons. The topological polar surface area (TPSA) is 59.4 Å². The van der Waals surface area contributed by atoms with Crippen LogP contribution in [0.3, 0.4) is 0 Å². The third kappa shape index (κ3) is 3.33. The number of nitrogens with zero attached hydrogens (tertiary/aromatic N) is 1. The Labute approximate surface area is 143 Å². The summed E-state index contributed by atoms with van der Waals surface area (Å²) in [6.07, 6.45) is 0. The molecule has 0 aliphatic rings. The highest BCUT2D eigenvalue weighted by molar-refractivity contribution is 7.80. The highest BCUT2D eigenvalue weighted by Crippen LogP contribution is 2.33. The van der Waals surface area contributed by atoms with E-state index in [1.165, 1.54) is 13.8 Å². The molecule has 0 saturated carbocycles. The van der Waals surface area contributed by atoms with E-state index in [1.807, 2.05) is 36.4 Å². The van der Waals surface area contributed by atoms with Crippen molar-refractivity contribution >= 4 is 40.2 Å². The lowest BCUT2D eigenvalue weighted by molar-refractivity contribution is -0.152. The van der Waals surface area contributed by atoms with Crippen molar-refractivity contribution in [3.8, 4) is 16.3 Å². The number of benzene rings is 2. The van der Waals surface area contributed by atoms with Crippen LogP contribution < -0.4 is 4.74 Å². The molecule has 2 aromatic carbocycles. The number of ether oxygens (including phenoxy) is 1. The van der Waals surface area contributed by atoms with Gasteiger partial charge in [0.2, 0.25) is 0 Å². The van der Waals surface area contributed by atoms with Crippen molar-refractivity contribution in [1.29, 1.82) is 0 Å². The third-order valence-electron chi connectivity index (χ3n) is 3.34. The zero-order chi connectivity index (χ0) is 16.6. The lowest BCUT2D eigenvalue weighted by Gasteiger charge is -2.21. The number of aromatic nitrogens is 1. The summed E-state index contributed by atoms with van der Waals surface area (Å²) >= 11 is 5.90. The van der Waals surface area contributed by atoms with E-state index in [0.717, 1.165) is 25.7 Å². The first kappa shape index (κ1) is 15.8. The SMILES string of the molecule is CC(C)(Oc1cccc(-c2nc3cc(S)ccc3s2)c1)C(=O)O. The predicted octanol–water partition coefficient (Wildman–Crippen LogP) is 4.49. The van der Waals surface area contributed by atoms with E-state index in [2.05, 4.69) is 17.6 Å². The number of rotatable bonds is 4. The van der Waals surface area contributed by atoms with Crippen LogP contribution in [0.2, 0.25) is 0 Å². The molecule has 0 aliphatic heterocycles. The Bertz CT molecular complexity index is 886. The molecule has 3 rings (SSSR count). The van der Waals surface area contributed by atoms with Gasteiger partial charge in [0.05, 0.1) is 10.2 Å². The lowest BCUT2D eigenvalue weighted by Crippen LogP contribution is -2.37. The molecule has 0 amide bonds. The van der Waals surface area contributed by atoms with Crippen molar-refractivity contribution in [2.75, 3.05) is 0 Å². The third-order valence-corrected chi connectivity index (χ3v) is 4.70. The van der Waals surface area contributed by atoms with E-state index in [-0.39, 0.29) is 0 Å². The molecular weight excluding hydrogens is 330 g/mol. The molecule has 3 aromatic rings. The summed E-state index contributed by atoms with van der Waals surface area (Å²) < 4.78 is 6.66. The van der Waals surface area contributed by atoms with Gasteiger partial charge in [-0.1, -0.05) is 12.1 Å². The van der Waals surface area contributed by atoms with E-state index in [4.69, 9.17) is 9.84 Å². The summed E-state index contributed by atoms with van der Waals surface area (Å²) in [4.78, 5) is 16.7. The Morgan fingerprint density at radius 2 is 2.04 bits per heavy atom. The fourth-order valence-corrected chi connectivity index (χ4v) is 3.21. The first-order valence-corrected chi connectivity index (χ1v) is 8.24. The predicted molar refractivity (Wildman–Crippen MR) is 94.7 cm³/mol. The maximum absolute atomic E-state index is 11.2. The number of aliphatic carboxylic acids is 1. The highest BCUT2D eigenvalue weighted by Gasteiger charge is 2.29. The van der Waals surface area contributed by atoms with E-state index in [9.17, 15) is 4.79 Å². The lowest BCUT2D eigenvalue weighted by atomic mass is 10.1. The van der Waals surface area contributed by atoms with Crippen molar-refractivity contribution in [2.45, 2.75) is 24.3 Å². The Hall–Kier alpha value is -2.05. The molecule has 0 spiro atoms. The zero-order valence-corrected chi connectivity index (χ0v) is 14.3. The van der Waals surface area contributed by atoms with Gasteiger partial charge >= 0.3 is 5.97 Å². The van der Waals surface area contributed by atoms with Crippen LogP contribution >= 0.6 is 24.0 Å². The number of hydrogen-bond acceptors (Lipinski definition) is 5. The number of hydrogen-bond donors (Lipinski definition) is 2. The van der Waals surface area contributed by atoms with Crippen molar-refractivity contribution in [3.05, 3.63) is 42.5 Å². The maximum Gasteiger partial charge on any atom is 0.347 e. The van der Waals surface area contributed by atoms with E-state index in [0.29, 0.717) is 5.75 Å². The number of thiazole rings is 1. The number of carboxylic acids is 1. The summed E-state index contributed by atoms with van der Waals surface area (Å²) in [7, 11) is 0. The van der Waals surface area contributed by atoms with Gasteiger partial charge in [0.1, 0.15) is 10.8 Å². The normalized spacial score (nSPS) is 11.6. The Balaban J connectivity index is 1.96. The molecule has 6 heteroatoms. The van der Waals surface area contributed by atoms with Gasteiger partial charge in [-0.25, -0.2) is 9.78 Å². The number of thiol groups is 1. The average molecular weight is 345 g/mol. The van der Waals surface area contributed by atoms with Crippen molar-refractivity contribution in [1.82, 2.24) is 4.98 Å². The van der Waals surface area contributed by atoms with Gasteiger partial charge in [-0.05, 0) is 44.2 Å². The number of carbonyl (C=O) groups is 1. The smallest absolute Gasteiger partial charge is 0.347 e. The van der Waals surface area contributed by atoms with Crippen molar-refractivity contribution in [3.63, 3.8) is 0 Å². The van der Waals surface area contributed by atoms with E-state index >= 15 is 0 Å². The summed E-state index contributed by atoms with van der Waals surface area (Å²) in [6.45, 7) is 3.04. The summed E-state index contributed by atoms with van der Waals surface area (Å²) in [6, 6.07) is 13.2. The molecule has 4 nitrogen and oxygen atoms in total. The van der Waals surface area contributed by atoms with Crippen LogP contribution in [0.1, 0.15) is 13.8 Å². The number of fused-ring (bicyclic) bond motifs is 1. The first-order chi connectivity index (χ1) is 10.8. The van der Waals surface area contributed by atoms with Gasteiger partial charge in [0, 0.05) is 10.5 Å². The second-order valence-electron chi connectivity index (χ2n) is 5.62. The van der Waals surface area contributed by atoms with Gasteiger partial charge in [-0.2, -0.15) is 0 Å². The average Bonchev–Trinajstić information content (AvgIpc) is 2.90. The zero-order valence-electron chi connectivity index (χ0n) is 12.6. The highest BCUT2D eigenvalue weighted by atomic mass is 32.1. The molecule has 0 saturated heterocycles. The van der Waals surface area contributed by atoms with Gasteiger partial charge in [-0.3, -0.25) is 0 Å².